The fraction of sp³-hybridized carbons (Fsp3) is 0.130. The number of rotatable bonds is 7. The minimum absolute atomic E-state index is 0.0153. The van der Waals surface area contributed by atoms with Gasteiger partial charge < -0.3 is 15.7 Å². The van der Waals surface area contributed by atoms with Gasteiger partial charge in [-0.3, -0.25) is 0 Å². The van der Waals surface area contributed by atoms with Crippen molar-refractivity contribution in [3.63, 3.8) is 0 Å². The molecule has 0 radical (unpaired) electrons. The molecule has 2 amide bonds. The molecule has 3 aromatic rings. The van der Waals surface area contributed by atoms with Gasteiger partial charge in [-0.15, -0.1) is 0 Å². The second-order valence-corrected chi connectivity index (χ2v) is 10.0. The molecule has 1 atom stereocenters. The van der Waals surface area contributed by atoms with Crippen molar-refractivity contribution in [1.29, 1.82) is 0 Å². The lowest BCUT2D eigenvalue weighted by atomic mass is 10.1. The Labute approximate surface area is 201 Å². The van der Waals surface area contributed by atoms with Crippen LogP contribution < -0.4 is 10.6 Å². The zero-order valence-corrected chi connectivity index (χ0v) is 19.7. The smallest absolute Gasteiger partial charge is 0.335 e. The van der Waals surface area contributed by atoms with Gasteiger partial charge in [-0.2, -0.15) is 0 Å². The zero-order chi connectivity index (χ0) is 24.2. The van der Waals surface area contributed by atoms with E-state index in [1.807, 2.05) is 0 Å². The third kappa shape index (κ3) is 6.25. The third-order valence-corrected chi connectivity index (χ3v) is 7.33. The van der Waals surface area contributed by atoms with Gasteiger partial charge in [0.15, 0.2) is 9.84 Å². The fourth-order valence-corrected chi connectivity index (χ4v) is 4.95. The van der Waals surface area contributed by atoms with Crippen LogP contribution in [0.1, 0.15) is 34.5 Å². The first-order valence-electron chi connectivity index (χ1n) is 9.73. The molecule has 0 aromatic heterocycles. The molecule has 7 nitrogen and oxygen atoms in total. The summed E-state index contributed by atoms with van der Waals surface area (Å²) in [4.78, 5) is 23.5. The van der Waals surface area contributed by atoms with E-state index in [2.05, 4.69) is 10.6 Å². The first kappa shape index (κ1) is 24.6. The van der Waals surface area contributed by atoms with Gasteiger partial charge in [-0.1, -0.05) is 47.5 Å². The lowest BCUT2D eigenvalue weighted by Crippen LogP contribution is -2.31. The second kappa shape index (κ2) is 10.2. The number of halogens is 2. The van der Waals surface area contributed by atoms with E-state index in [9.17, 15) is 18.0 Å². The third-order valence-electron chi connectivity index (χ3n) is 4.80. The molecule has 0 saturated carbocycles. The van der Waals surface area contributed by atoms with E-state index in [-0.39, 0.29) is 16.2 Å². The molecule has 10 heteroatoms. The van der Waals surface area contributed by atoms with Crippen molar-refractivity contribution in [2.24, 2.45) is 0 Å². The van der Waals surface area contributed by atoms with E-state index in [4.69, 9.17) is 28.3 Å². The summed E-state index contributed by atoms with van der Waals surface area (Å²) in [5, 5.41) is 15.2. The van der Waals surface area contributed by atoms with Crippen LogP contribution in [0.4, 0.5) is 10.5 Å². The van der Waals surface area contributed by atoms with Crippen LogP contribution >= 0.6 is 23.2 Å². The molecule has 0 heterocycles. The maximum absolute atomic E-state index is 12.7. The number of nitrogens with one attached hydrogen (secondary N) is 2. The van der Waals surface area contributed by atoms with Crippen LogP contribution in [0, 0.1) is 0 Å². The molecule has 0 aliphatic carbocycles. The highest BCUT2D eigenvalue weighted by Crippen LogP contribution is 2.29. The van der Waals surface area contributed by atoms with E-state index < -0.39 is 27.9 Å². The minimum atomic E-state index is -3.71. The summed E-state index contributed by atoms with van der Waals surface area (Å²) in [6.07, 6.45) is 0. The number of urea groups is 1. The van der Waals surface area contributed by atoms with E-state index in [1.54, 1.807) is 31.2 Å². The Bertz CT molecular complexity index is 1290. The Morgan fingerprint density at radius 2 is 1.67 bits per heavy atom. The number of anilines is 1. The molecular formula is C23H20Cl2N2O5S. The monoisotopic (exact) mass is 506 g/mol. The van der Waals surface area contributed by atoms with Crippen molar-refractivity contribution in [3.05, 3.63) is 93.5 Å². The number of benzene rings is 3. The summed E-state index contributed by atoms with van der Waals surface area (Å²) < 4.78 is 25.4. The molecule has 172 valence electrons. The Morgan fingerprint density at radius 1 is 1.00 bits per heavy atom. The predicted molar refractivity (Wildman–Crippen MR) is 128 cm³/mol. The average Bonchev–Trinajstić information content (AvgIpc) is 2.75. The molecular weight excluding hydrogens is 487 g/mol. The number of hydrogen-bond acceptors (Lipinski definition) is 4. The second-order valence-electron chi connectivity index (χ2n) is 7.25. The van der Waals surface area contributed by atoms with Gasteiger partial charge in [0, 0.05) is 5.69 Å². The van der Waals surface area contributed by atoms with Gasteiger partial charge in [-0.05, 0) is 60.5 Å². The number of carboxylic acid groups (broad SMARTS) is 1. The highest BCUT2D eigenvalue weighted by Gasteiger charge is 2.18. The number of carboxylic acids is 1. The molecule has 0 aliphatic heterocycles. The highest BCUT2D eigenvalue weighted by molar-refractivity contribution is 7.90. The Hall–Kier alpha value is -3.07. The molecule has 0 bridgehead atoms. The first-order valence-corrected chi connectivity index (χ1v) is 12.1. The number of sulfone groups is 1. The summed E-state index contributed by atoms with van der Waals surface area (Å²) in [6.45, 7) is 1.76. The molecule has 0 spiro atoms. The molecule has 0 aliphatic rings. The van der Waals surface area contributed by atoms with Crippen LogP contribution in [0.15, 0.2) is 71.6 Å². The maximum atomic E-state index is 12.7. The summed E-state index contributed by atoms with van der Waals surface area (Å²) in [5.41, 5.74) is 1.43. The lowest BCUT2D eigenvalue weighted by Gasteiger charge is -2.17. The van der Waals surface area contributed by atoms with E-state index in [1.165, 1.54) is 42.5 Å². The van der Waals surface area contributed by atoms with Crippen LogP contribution in [-0.2, 0) is 15.6 Å². The molecule has 0 saturated heterocycles. The van der Waals surface area contributed by atoms with Crippen LogP contribution in [0.2, 0.25) is 10.0 Å². The maximum Gasteiger partial charge on any atom is 0.335 e. The Balaban J connectivity index is 1.65. The van der Waals surface area contributed by atoms with Gasteiger partial charge in [0.1, 0.15) is 0 Å². The Kier molecular flexibility index (Phi) is 7.63. The number of hydrogen-bond donors (Lipinski definition) is 3. The summed E-state index contributed by atoms with van der Waals surface area (Å²) in [6, 6.07) is 15.7. The van der Waals surface area contributed by atoms with Gasteiger partial charge in [-0.25, -0.2) is 18.0 Å². The summed E-state index contributed by atoms with van der Waals surface area (Å²) >= 11 is 12.2. The van der Waals surface area contributed by atoms with E-state index in [0.717, 1.165) is 0 Å². The van der Waals surface area contributed by atoms with Crippen molar-refractivity contribution in [1.82, 2.24) is 5.32 Å². The highest BCUT2D eigenvalue weighted by atomic mass is 35.5. The predicted octanol–water partition coefficient (Wildman–Crippen LogP) is 5.55. The van der Waals surface area contributed by atoms with Gasteiger partial charge in [0.2, 0.25) is 0 Å². The quantitative estimate of drug-likeness (QED) is 0.388. The molecule has 3 aromatic carbocycles. The normalized spacial score (nSPS) is 12.1. The topological polar surface area (TPSA) is 113 Å². The van der Waals surface area contributed by atoms with Gasteiger partial charge >= 0.3 is 12.0 Å². The standard InChI is InChI=1S/C23H20Cl2N2O5S/c1-14(19-6-3-7-20(24)21(19)25)26-23(30)27-17-8-10-18(11-9-17)33(31,32)13-15-4-2-5-16(12-15)22(28)29/h2-12,14H,13H2,1H3,(H,28,29)(H2,26,27,30)/t14-/m0/s1. The van der Waals surface area contributed by atoms with E-state index >= 15 is 0 Å². The number of aromatic carboxylic acids is 1. The molecule has 0 unspecified atom stereocenters. The van der Waals surface area contributed by atoms with Gasteiger partial charge in [0.25, 0.3) is 0 Å². The SMILES string of the molecule is C[C@H](NC(=O)Nc1ccc(S(=O)(=O)Cc2cccc(C(=O)O)c2)cc1)c1cccc(Cl)c1Cl. The fourth-order valence-electron chi connectivity index (χ4n) is 3.14. The number of carbonyl (C=O) groups is 2. The van der Waals surface area contributed by atoms with Crippen molar-refractivity contribution < 1.29 is 23.1 Å². The van der Waals surface area contributed by atoms with Gasteiger partial charge in [0.05, 0.1) is 32.3 Å². The molecule has 3 N–H and O–H groups in total. The minimum Gasteiger partial charge on any atom is -0.478 e. The Morgan fingerprint density at radius 3 is 2.33 bits per heavy atom. The van der Waals surface area contributed by atoms with E-state index in [0.29, 0.717) is 26.9 Å². The number of carbonyl (C=O) groups excluding carboxylic acids is 1. The van der Waals surface area contributed by atoms with Crippen molar-refractivity contribution >= 4 is 50.7 Å². The molecule has 3 rings (SSSR count). The van der Waals surface area contributed by atoms with Crippen LogP contribution in [0.25, 0.3) is 0 Å². The van der Waals surface area contributed by atoms with Crippen molar-refractivity contribution in [2.75, 3.05) is 5.32 Å². The van der Waals surface area contributed by atoms with Crippen LogP contribution in [0.3, 0.4) is 0 Å². The number of amides is 2. The molecule has 0 fully saturated rings. The zero-order valence-electron chi connectivity index (χ0n) is 17.4. The molecule has 33 heavy (non-hydrogen) atoms. The summed E-state index contributed by atoms with van der Waals surface area (Å²) in [7, 11) is -3.71. The van der Waals surface area contributed by atoms with Crippen molar-refractivity contribution in [2.45, 2.75) is 23.6 Å². The average molecular weight is 507 g/mol. The van der Waals surface area contributed by atoms with Crippen LogP contribution in [0.5, 0.6) is 0 Å². The largest absolute Gasteiger partial charge is 0.478 e. The van der Waals surface area contributed by atoms with Crippen LogP contribution in [-0.4, -0.2) is 25.5 Å². The lowest BCUT2D eigenvalue weighted by molar-refractivity contribution is 0.0696. The van der Waals surface area contributed by atoms with Crippen molar-refractivity contribution in [3.8, 4) is 0 Å². The summed E-state index contributed by atoms with van der Waals surface area (Å²) in [5.74, 6) is -1.48. The first-order chi connectivity index (χ1) is 15.6.